The molecule has 1 aliphatic heterocycles. The van der Waals surface area contributed by atoms with E-state index in [4.69, 9.17) is 24.5 Å². The third-order valence-electron chi connectivity index (χ3n) is 3.70. The third kappa shape index (κ3) is 10.2. The zero-order valence-electron chi connectivity index (χ0n) is 15.0. The second-order valence-corrected chi connectivity index (χ2v) is 5.93. The number of amides is 1. The molecule has 0 saturated carbocycles. The number of nitrogens with one attached hydrogen (secondary N) is 1. The lowest BCUT2D eigenvalue weighted by atomic mass is 10.3. The van der Waals surface area contributed by atoms with E-state index in [-0.39, 0.29) is 12.5 Å². The van der Waals surface area contributed by atoms with E-state index in [0.29, 0.717) is 13.0 Å². The van der Waals surface area contributed by atoms with Crippen molar-refractivity contribution in [2.24, 2.45) is 0 Å². The first-order valence-electron chi connectivity index (χ1n) is 8.70. The van der Waals surface area contributed by atoms with Crippen LogP contribution in [-0.4, -0.2) is 77.0 Å². The van der Waals surface area contributed by atoms with Crippen LogP contribution in [0.25, 0.3) is 0 Å². The average Bonchev–Trinajstić information content (AvgIpc) is 3.06. The lowest BCUT2D eigenvalue weighted by Gasteiger charge is -2.16. The zero-order chi connectivity index (χ0) is 20.1. The number of likely N-dealkylation sites (tertiary alicyclic amines) is 1. The Morgan fingerprint density at radius 1 is 1.19 bits per heavy atom. The van der Waals surface area contributed by atoms with Crippen molar-refractivity contribution in [3.8, 4) is 5.75 Å². The SMILES string of the molecule is O=C(O)C(=O)O.O=C1CCCN1CCCNCC(O)COc1ccccc1. The Balaban J connectivity index is 0.000000527. The van der Waals surface area contributed by atoms with E-state index in [9.17, 15) is 9.90 Å². The molecule has 150 valence electrons. The molecule has 27 heavy (non-hydrogen) atoms. The Bertz CT molecular complexity index is 583. The van der Waals surface area contributed by atoms with Gasteiger partial charge >= 0.3 is 11.9 Å². The summed E-state index contributed by atoms with van der Waals surface area (Å²) in [5.74, 6) is -2.61. The van der Waals surface area contributed by atoms with E-state index in [1.165, 1.54) is 0 Å². The molecule has 1 saturated heterocycles. The molecule has 0 aliphatic carbocycles. The van der Waals surface area contributed by atoms with Gasteiger partial charge in [0.2, 0.25) is 5.91 Å². The molecule has 0 spiro atoms. The van der Waals surface area contributed by atoms with Crippen LogP contribution in [0.3, 0.4) is 0 Å². The molecule has 9 heteroatoms. The normalized spacial score (nSPS) is 14.3. The predicted octanol–water partition coefficient (Wildman–Crippen LogP) is 0.184. The van der Waals surface area contributed by atoms with Gasteiger partial charge < -0.3 is 30.3 Å². The quantitative estimate of drug-likeness (QED) is 0.351. The summed E-state index contributed by atoms with van der Waals surface area (Å²) in [6.45, 7) is 3.28. The minimum Gasteiger partial charge on any atom is -0.491 e. The first kappa shape index (κ1) is 22.4. The highest BCUT2D eigenvalue weighted by molar-refractivity contribution is 6.27. The van der Waals surface area contributed by atoms with Crippen LogP contribution in [0.5, 0.6) is 5.75 Å². The number of carbonyl (C=O) groups is 3. The van der Waals surface area contributed by atoms with Crippen molar-refractivity contribution >= 4 is 17.8 Å². The van der Waals surface area contributed by atoms with Gasteiger partial charge in [-0.1, -0.05) is 18.2 Å². The number of rotatable bonds is 9. The maximum atomic E-state index is 11.4. The number of nitrogens with zero attached hydrogens (tertiary/aromatic N) is 1. The van der Waals surface area contributed by atoms with Crippen LogP contribution in [-0.2, 0) is 14.4 Å². The van der Waals surface area contributed by atoms with E-state index in [1.807, 2.05) is 35.2 Å². The molecule has 1 fully saturated rings. The van der Waals surface area contributed by atoms with Crippen molar-refractivity contribution in [3.63, 3.8) is 0 Å². The van der Waals surface area contributed by atoms with Gasteiger partial charge in [0.1, 0.15) is 18.5 Å². The molecule has 4 N–H and O–H groups in total. The van der Waals surface area contributed by atoms with Crippen LogP contribution < -0.4 is 10.1 Å². The molecule has 9 nitrogen and oxygen atoms in total. The predicted molar refractivity (Wildman–Crippen MR) is 96.5 cm³/mol. The number of carboxylic acids is 2. The summed E-state index contributed by atoms with van der Waals surface area (Å²) in [5, 5.41) is 27.8. The minimum atomic E-state index is -1.82. The molecular formula is C18H26N2O7. The van der Waals surface area contributed by atoms with Crippen LogP contribution in [0.1, 0.15) is 19.3 Å². The highest BCUT2D eigenvalue weighted by Crippen LogP contribution is 2.09. The summed E-state index contributed by atoms with van der Waals surface area (Å²) < 4.78 is 5.48. The second-order valence-electron chi connectivity index (χ2n) is 5.93. The Labute approximate surface area is 157 Å². The van der Waals surface area contributed by atoms with Crippen molar-refractivity contribution in [1.82, 2.24) is 10.2 Å². The summed E-state index contributed by atoms with van der Waals surface area (Å²) in [6.07, 6.45) is 2.07. The van der Waals surface area contributed by atoms with E-state index in [1.54, 1.807) is 0 Å². The number of hydrogen-bond acceptors (Lipinski definition) is 6. The lowest BCUT2D eigenvalue weighted by Crippen LogP contribution is -2.34. The Morgan fingerprint density at radius 2 is 1.85 bits per heavy atom. The van der Waals surface area contributed by atoms with Crippen LogP contribution in [0.4, 0.5) is 0 Å². The van der Waals surface area contributed by atoms with Gasteiger partial charge in [-0.3, -0.25) is 4.79 Å². The van der Waals surface area contributed by atoms with Crippen LogP contribution >= 0.6 is 0 Å². The summed E-state index contributed by atoms with van der Waals surface area (Å²) >= 11 is 0. The number of carboxylic acid groups (broad SMARTS) is 2. The van der Waals surface area contributed by atoms with E-state index >= 15 is 0 Å². The van der Waals surface area contributed by atoms with Crippen molar-refractivity contribution in [2.75, 3.05) is 32.8 Å². The number of aliphatic carboxylic acids is 2. The number of hydrogen-bond donors (Lipinski definition) is 4. The third-order valence-corrected chi connectivity index (χ3v) is 3.70. The van der Waals surface area contributed by atoms with E-state index in [2.05, 4.69) is 5.32 Å². The second kappa shape index (κ2) is 12.7. The molecule has 1 aromatic rings. The fraction of sp³-hybridized carbons (Fsp3) is 0.500. The lowest BCUT2D eigenvalue weighted by molar-refractivity contribution is -0.159. The van der Waals surface area contributed by atoms with Crippen molar-refractivity contribution in [3.05, 3.63) is 30.3 Å². The Kier molecular flexibility index (Phi) is 10.5. The highest BCUT2D eigenvalue weighted by atomic mass is 16.5. The molecule has 1 unspecified atom stereocenters. The number of aliphatic hydroxyl groups excluding tert-OH is 1. The Morgan fingerprint density at radius 3 is 2.41 bits per heavy atom. The van der Waals surface area contributed by atoms with Gasteiger partial charge in [-0.25, -0.2) is 9.59 Å². The Hall–Kier alpha value is -2.65. The van der Waals surface area contributed by atoms with Crippen molar-refractivity contribution in [1.29, 1.82) is 0 Å². The largest absolute Gasteiger partial charge is 0.491 e. The van der Waals surface area contributed by atoms with E-state index in [0.717, 1.165) is 38.2 Å². The number of benzene rings is 1. The topological polar surface area (TPSA) is 136 Å². The van der Waals surface area contributed by atoms with Crippen molar-refractivity contribution in [2.45, 2.75) is 25.4 Å². The van der Waals surface area contributed by atoms with Gasteiger partial charge in [-0.05, 0) is 31.5 Å². The van der Waals surface area contributed by atoms with Crippen LogP contribution in [0, 0.1) is 0 Å². The van der Waals surface area contributed by atoms with Crippen LogP contribution in [0.2, 0.25) is 0 Å². The molecule has 0 radical (unpaired) electrons. The van der Waals surface area contributed by atoms with E-state index < -0.39 is 18.0 Å². The molecule has 1 aliphatic rings. The fourth-order valence-electron chi connectivity index (χ4n) is 2.37. The molecule has 0 bridgehead atoms. The molecule has 1 amide bonds. The molecule has 1 atom stereocenters. The molecule has 1 heterocycles. The van der Waals surface area contributed by atoms with Crippen LogP contribution in [0.15, 0.2) is 30.3 Å². The van der Waals surface area contributed by atoms with Crippen molar-refractivity contribution < 1.29 is 34.4 Å². The summed E-state index contributed by atoms with van der Waals surface area (Å²) in [5.41, 5.74) is 0. The van der Waals surface area contributed by atoms with Gasteiger partial charge in [0.25, 0.3) is 0 Å². The number of para-hydroxylation sites is 1. The first-order valence-corrected chi connectivity index (χ1v) is 8.70. The highest BCUT2D eigenvalue weighted by Gasteiger charge is 2.18. The molecule has 0 aromatic heterocycles. The van der Waals surface area contributed by atoms with Gasteiger partial charge in [-0.15, -0.1) is 0 Å². The fourth-order valence-corrected chi connectivity index (χ4v) is 2.37. The smallest absolute Gasteiger partial charge is 0.414 e. The monoisotopic (exact) mass is 382 g/mol. The average molecular weight is 382 g/mol. The van der Waals surface area contributed by atoms with Gasteiger partial charge in [0, 0.05) is 26.1 Å². The molecule has 2 rings (SSSR count). The minimum absolute atomic E-state index is 0.270. The number of aliphatic hydroxyl groups is 1. The zero-order valence-corrected chi connectivity index (χ0v) is 15.0. The standard InChI is InChI=1S/C16H24N2O3.C2H2O4/c19-14(13-21-15-6-2-1-3-7-15)12-17-9-5-11-18-10-4-8-16(18)20;3-1(4)2(5)6/h1-3,6-7,14,17,19H,4-5,8-13H2;(H,3,4)(H,5,6). The molecular weight excluding hydrogens is 356 g/mol. The van der Waals surface area contributed by atoms with Gasteiger partial charge in [-0.2, -0.15) is 0 Å². The number of carbonyl (C=O) groups excluding carboxylic acids is 1. The summed E-state index contributed by atoms with van der Waals surface area (Å²) in [7, 11) is 0. The maximum Gasteiger partial charge on any atom is 0.414 e. The molecule has 1 aromatic carbocycles. The van der Waals surface area contributed by atoms with Gasteiger partial charge in [0.15, 0.2) is 0 Å². The van der Waals surface area contributed by atoms with Gasteiger partial charge in [0.05, 0.1) is 0 Å². The first-order chi connectivity index (χ1) is 12.9. The summed E-state index contributed by atoms with van der Waals surface area (Å²) in [6, 6.07) is 9.47. The number of ether oxygens (including phenoxy) is 1. The summed E-state index contributed by atoms with van der Waals surface area (Å²) in [4.78, 5) is 31.5. The maximum absolute atomic E-state index is 11.4.